The van der Waals surface area contributed by atoms with Crippen molar-refractivity contribution in [3.63, 3.8) is 0 Å². The first-order chi connectivity index (χ1) is 12.1. The average Bonchev–Trinajstić information content (AvgIpc) is 2.58. The average molecular weight is 358 g/mol. The number of rotatable bonds is 5. The lowest BCUT2D eigenvalue weighted by Gasteiger charge is -2.35. The standard InChI is InChI=1S/C20H27N3OS/c1-4-7-18-21-17-9-6-5-8-16(17)20(22-18)25-13-19(24)23-11-14(2)10-15(3)12-23/h5-6,8-9,14-15H,4,7,10-13H2,1-3H3/t14-,15-/m0/s1. The molecule has 0 N–H and O–H groups in total. The van der Waals surface area contributed by atoms with E-state index in [1.165, 1.54) is 6.42 Å². The molecule has 2 aromatic rings. The van der Waals surface area contributed by atoms with Crippen molar-refractivity contribution in [2.24, 2.45) is 11.8 Å². The number of nitrogens with zero attached hydrogens (tertiary/aromatic N) is 3. The van der Waals surface area contributed by atoms with Gasteiger partial charge in [0.15, 0.2) is 0 Å². The summed E-state index contributed by atoms with van der Waals surface area (Å²) in [7, 11) is 0. The summed E-state index contributed by atoms with van der Waals surface area (Å²) in [6.07, 6.45) is 3.10. The molecule has 2 heterocycles. The number of para-hydroxylation sites is 1. The van der Waals surface area contributed by atoms with Crippen LogP contribution in [-0.4, -0.2) is 39.6 Å². The molecule has 0 spiro atoms. The maximum Gasteiger partial charge on any atom is 0.233 e. The molecule has 3 rings (SSSR count). The summed E-state index contributed by atoms with van der Waals surface area (Å²) in [6, 6.07) is 8.07. The smallest absolute Gasteiger partial charge is 0.233 e. The molecule has 1 aliphatic heterocycles. The number of thioether (sulfide) groups is 1. The molecule has 1 aromatic heterocycles. The van der Waals surface area contributed by atoms with E-state index in [-0.39, 0.29) is 5.91 Å². The summed E-state index contributed by atoms with van der Waals surface area (Å²) in [4.78, 5) is 24.1. The van der Waals surface area contributed by atoms with Crippen molar-refractivity contribution < 1.29 is 4.79 Å². The fourth-order valence-electron chi connectivity index (χ4n) is 3.63. The molecule has 1 aliphatic rings. The van der Waals surface area contributed by atoms with Crippen LogP contribution in [0.5, 0.6) is 0 Å². The van der Waals surface area contributed by atoms with Crippen molar-refractivity contribution in [2.45, 2.75) is 45.1 Å². The number of piperidine rings is 1. The van der Waals surface area contributed by atoms with Gasteiger partial charge in [-0.3, -0.25) is 4.79 Å². The van der Waals surface area contributed by atoms with E-state index in [1.807, 2.05) is 29.2 Å². The monoisotopic (exact) mass is 357 g/mol. The van der Waals surface area contributed by atoms with Crippen LogP contribution in [0.2, 0.25) is 0 Å². The molecular formula is C20H27N3OS. The van der Waals surface area contributed by atoms with E-state index >= 15 is 0 Å². The topological polar surface area (TPSA) is 46.1 Å². The summed E-state index contributed by atoms with van der Waals surface area (Å²) in [5.74, 6) is 2.73. The number of amides is 1. The van der Waals surface area contributed by atoms with Crippen LogP contribution in [0.25, 0.3) is 10.9 Å². The van der Waals surface area contributed by atoms with Crippen molar-refractivity contribution in [1.29, 1.82) is 0 Å². The van der Waals surface area contributed by atoms with Crippen LogP contribution in [0.1, 0.15) is 39.4 Å². The summed E-state index contributed by atoms with van der Waals surface area (Å²) in [5, 5.41) is 1.97. The molecule has 1 amide bonds. The Morgan fingerprint density at radius 3 is 2.64 bits per heavy atom. The highest BCUT2D eigenvalue weighted by Crippen LogP contribution is 2.27. The fourth-order valence-corrected chi connectivity index (χ4v) is 4.57. The second-order valence-electron chi connectivity index (χ2n) is 7.25. The molecule has 1 aromatic carbocycles. The third-order valence-corrected chi connectivity index (χ3v) is 5.62. The molecular weight excluding hydrogens is 330 g/mol. The molecule has 1 fully saturated rings. The van der Waals surface area contributed by atoms with Gasteiger partial charge in [0.25, 0.3) is 0 Å². The van der Waals surface area contributed by atoms with Crippen molar-refractivity contribution in [3.8, 4) is 0 Å². The lowest BCUT2D eigenvalue weighted by molar-refractivity contribution is -0.130. The van der Waals surface area contributed by atoms with Gasteiger partial charge < -0.3 is 4.90 Å². The Bertz CT molecular complexity index is 739. The predicted octanol–water partition coefficient (Wildman–Crippen LogP) is 4.18. The maximum absolute atomic E-state index is 12.7. The van der Waals surface area contributed by atoms with Gasteiger partial charge in [-0.25, -0.2) is 9.97 Å². The molecule has 0 aliphatic carbocycles. The predicted molar refractivity (Wildman–Crippen MR) is 104 cm³/mol. The van der Waals surface area contributed by atoms with Crippen LogP contribution in [0.4, 0.5) is 0 Å². The van der Waals surface area contributed by atoms with Crippen molar-refractivity contribution >= 4 is 28.6 Å². The zero-order chi connectivity index (χ0) is 17.8. The second-order valence-corrected chi connectivity index (χ2v) is 8.21. The zero-order valence-corrected chi connectivity index (χ0v) is 16.2. The number of hydrogen-bond donors (Lipinski definition) is 0. The van der Waals surface area contributed by atoms with Crippen LogP contribution < -0.4 is 0 Å². The first-order valence-electron chi connectivity index (χ1n) is 9.23. The van der Waals surface area contributed by atoms with E-state index in [4.69, 9.17) is 4.98 Å². The van der Waals surface area contributed by atoms with Gasteiger partial charge in [0.2, 0.25) is 5.91 Å². The third-order valence-electron chi connectivity index (χ3n) is 4.64. The minimum atomic E-state index is 0.225. The van der Waals surface area contributed by atoms with E-state index in [0.717, 1.165) is 47.7 Å². The Kier molecular flexibility index (Phi) is 5.94. The Hall–Kier alpha value is -1.62. The molecule has 0 radical (unpaired) electrons. The molecule has 0 bridgehead atoms. The maximum atomic E-state index is 12.7. The Morgan fingerprint density at radius 1 is 1.20 bits per heavy atom. The number of benzene rings is 1. The summed E-state index contributed by atoms with van der Waals surface area (Å²) in [6.45, 7) is 8.37. The Morgan fingerprint density at radius 2 is 1.92 bits per heavy atom. The highest BCUT2D eigenvalue weighted by Gasteiger charge is 2.25. The van der Waals surface area contributed by atoms with Gasteiger partial charge >= 0.3 is 0 Å². The number of fused-ring (bicyclic) bond motifs is 1. The lowest BCUT2D eigenvalue weighted by Crippen LogP contribution is -2.43. The van der Waals surface area contributed by atoms with Gasteiger partial charge in [-0.15, -0.1) is 0 Å². The highest BCUT2D eigenvalue weighted by atomic mass is 32.2. The quantitative estimate of drug-likeness (QED) is 0.595. The number of aromatic nitrogens is 2. The minimum Gasteiger partial charge on any atom is -0.341 e. The molecule has 25 heavy (non-hydrogen) atoms. The van der Waals surface area contributed by atoms with Gasteiger partial charge in [0, 0.05) is 24.9 Å². The number of carbonyl (C=O) groups excluding carboxylic acids is 1. The van der Waals surface area contributed by atoms with E-state index in [1.54, 1.807) is 11.8 Å². The lowest BCUT2D eigenvalue weighted by atomic mass is 9.92. The molecule has 2 atom stereocenters. The molecule has 1 saturated heterocycles. The molecule has 5 heteroatoms. The van der Waals surface area contributed by atoms with E-state index in [2.05, 4.69) is 25.8 Å². The van der Waals surface area contributed by atoms with E-state index in [0.29, 0.717) is 17.6 Å². The summed E-state index contributed by atoms with van der Waals surface area (Å²) >= 11 is 1.55. The highest BCUT2D eigenvalue weighted by molar-refractivity contribution is 8.00. The van der Waals surface area contributed by atoms with Crippen LogP contribution in [-0.2, 0) is 11.2 Å². The van der Waals surface area contributed by atoms with Crippen molar-refractivity contribution in [2.75, 3.05) is 18.8 Å². The zero-order valence-electron chi connectivity index (χ0n) is 15.4. The normalized spacial score (nSPS) is 20.8. The number of aryl methyl sites for hydroxylation is 1. The van der Waals surface area contributed by atoms with E-state index < -0.39 is 0 Å². The van der Waals surface area contributed by atoms with Gasteiger partial charge in [-0.05, 0) is 30.7 Å². The number of hydrogen-bond acceptors (Lipinski definition) is 4. The minimum absolute atomic E-state index is 0.225. The Labute approximate surface area is 154 Å². The van der Waals surface area contributed by atoms with Crippen LogP contribution in [0, 0.1) is 11.8 Å². The van der Waals surface area contributed by atoms with Crippen molar-refractivity contribution in [1.82, 2.24) is 14.9 Å². The first kappa shape index (κ1) is 18.2. The fraction of sp³-hybridized carbons (Fsp3) is 0.550. The van der Waals surface area contributed by atoms with Crippen LogP contribution in [0.15, 0.2) is 29.3 Å². The number of likely N-dealkylation sites (tertiary alicyclic amines) is 1. The van der Waals surface area contributed by atoms with E-state index in [9.17, 15) is 4.79 Å². The molecule has 0 saturated carbocycles. The molecule has 0 unspecified atom stereocenters. The van der Waals surface area contributed by atoms with Crippen LogP contribution >= 0.6 is 11.8 Å². The third kappa shape index (κ3) is 4.51. The van der Waals surface area contributed by atoms with Gasteiger partial charge in [-0.2, -0.15) is 0 Å². The second kappa shape index (κ2) is 8.17. The first-order valence-corrected chi connectivity index (χ1v) is 10.2. The summed E-state index contributed by atoms with van der Waals surface area (Å²) < 4.78 is 0. The SMILES string of the molecule is CCCc1nc(SCC(=O)N2C[C@@H](C)C[C@H](C)C2)c2ccccc2n1. The largest absolute Gasteiger partial charge is 0.341 e. The van der Waals surface area contributed by atoms with Crippen LogP contribution in [0.3, 0.4) is 0 Å². The molecule has 134 valence electrons. The van der Waals surface area contributed by atoms with Gasteiger partial charge in [0.1, 0.15) is 10.9 Å². The Balaban J connectivity index is 1.75. The molecule has 4 nitrogen and oxygen atoms in total. The van der Waals surface area contributed by atoms with Gasteiger partial charge in [0.05, 0.1) is 11.3 Å². The number of carbonyl (C=O) groups is 1. The van der Waals surface area contributed by atoms with Gasteiger partial charge in [-0.1, -0.05) is 50.7 Å². The summed E-state index contributed by atoms with van der Waals surface area (Å²) in [5.41, 5.74) is 0.969. The van der Waals surface area contributed by atoms with Crippen molar-refractivity contribution in [3.05, 3.63) is 30.1 Å².